The lowest BCUT2D eigenvalue weighted by atomic mass is 9.87. The van der Waals surface area contributed by atoms with Crippen molar-refractivity contribution < 1.29 is 17.6 Å². The second kappa shape index (κ2) is 4.85. The summed E-state index contributed by atoms with van der Waals surface area (Å²) in [5.74, 6) is 4.30. The van der Waals surface area contributed by atoms with Crippen LogP contribution in [0, 0.1) is 5.82 Å². The van der Waals surface area contributed by atoms with Crippen molar-refractivity contribution in [1.82, 2.24) is 5.01 Å². The first-order valence-electron chi connectivity index (χ1n) is 5.75. The van der Waals surface area contributed by atoms with E-state index >= 15 is 0 Å². The van der Waals surface area contributed by atoms with Crippen LogP contribution < -0.4 is 5.84 Å². The van der Waals surface area contributed by atoms with Crippen molar-refractivity contribution in [3.8, 4) is 0 Å². The van der Waals surface area contributed by atoms with Crippen molar-refractivity contribution in [2.75, 3.05) is 13.1 Å². The molecule has 1 saturated heterocycles. The monoisotopic (exact) mass is 262 g/mol. The van der Waals surface area contributed by atoms with E-state index in [4.69, 9.17) is 5.84 Å². The molecule has 1 aromatic rings. The lowest BCUT2D eigenvalue weighted by Crippen LogP contribution is -2.40. The fraction of sp³-hybridized carbons (Fsp3) is 0.500. The number of nitrogens with zero attached hydrogens (tertiary/aromatic N) is 1. The van der Waals surface area contributed by atoms with Gasteiger partial charge in [-0.1, -0.05) is 6.07 Å². The minimum absolute atomic E-state index is 0.250. The topological polar surface area (TPSA) is 29.3 Å². The Bertz CT molecular complexity index is 431. The Morgan fingerprint density at radius 1 is 1.28 bits per heavy atom. The van der Waals surface area contributed by atoms with Crippen molar-refractivity contribution in [1.29, 1.82) is 0 Å². The first-order valence-corrected chi connectivity index (χ1v) is 5.75. The number of hydrogen-bond donors (Lipinski definition) is 1. The maximum absolute atomic E-state index is 13.7. The number of piperidine rings is 1. The van der Waals surface area contributed by atoms with Crippen LogP contribution in [0.1, 0.15) is 29.9 Å². The summed E-state index contributed by atoms with van der Waals surface area (Å²) in [5.41, 5.74) is -1.14. The number of hydrazine groups is 1. The van der Waals surface area contributed by atoms with Crippen molar-refractivity contribution in [2.45, 2.75) is 24.9 Å². The minimum Gasteiger partial charge on any atom is -0.269 e. The molecule has 0 aromatic heterocycles. The third-order valence-corrected chi connectivity index (χ3v) is 3.22. The summed E-state index contributed by atoms with van der Waals surface area (Å²) in [6.45, 7) is 0.885. The Labute approximate surface area is 102 Å². The zero-order chi connectivity index (χ0) is 13.3. The molecule has 0 radical (unpaired) electrons. The van der Waals surface area contributed by atoms with Crippen LogP contribution in [0.15, 0.2) is 18.2 Å². The van der Waals surface area contributed by atoms with Crippen molar-refractivity contribution >= 4 is 0 Å². The second-order valence-corrected chi connectivity index (χ2v) is 4.53. The summed E-state index contributed by atoms with van der Waals surface area (Å²) in [6, 6.07) is 3.08. The smallest absolute Gasteiger partial charge is 0.269 e. The number of halogens is 4. The van der Waals surface area contributed by atoms with Crippen LogP contribution >= 0.6 is 0 Å². The lowest BCUT2D eigenvalue weighted by Gasteiger charge is -2.31. The van der Waals surface area contributed by atoms with Crippen LogP contribution in [0.4, 0.5) is 17.6 Å². The number of nitrogens with two attached hydrogens (primary N) is 1. The van der Waals surface area contributed by atoms with E-state index in [1.807, 2.05) is 0 Å². The summed E-state index contributed by atoms with van der Waals surface area (Å²) < 4.78 is 52.3. The molecule has 18 heavy (non-hydrogen) atoms. The Hall–Kier alpha value is -1.14. The zero-order valence-electron chi connectivity index (χ0n) is 9.67. The maximum atomic E-state index is 13.7. The minimum atomic E-state index is -4.53. The Morgan fingerprint density at radius 2 is 2.00 bits per heavy atom. The first-order chi connectivity index (χ1) is 8.39. The quantitative estimate of drug-likeness (QED) is 0.623. The van der Waals surface area contributed by atoms with E-state index in [0.29, 0.717) is 19.4 Å². The van der Waals surface area contributed by atoms with E-state index in [9.17, 15) is 17.6 Å². The lowest BCUT2D eigenvalue weighted by molar-refractivity contribution is -0.138. The molecule has 100 valence electrons. The van der Waals surface area contributed by atoms with Crippen LogP contribution in [0.5, 0.6) is 0 Å². The van der Waals surface area contributed by atoms with Gasteiger partial charge >= 0.3 is 6.18 Å². The van der Waals surface area contributed by atoms with E-state index in [2.05, 4.69) is 0 Å². The SMILES string of the molecule is NN1CCCC(c2c(F)cccc2C(F)(F)F)C1. The highest BCUT2D eigenvalue weighted by Crippen LogP contribution is 2.38. The van der Waals surface area contributed by atoms with Gasteiger partial charge in [-0.05, 0) is 25.0 Å². The van der Waals surface area contributed by atoms with Gasteiger partial charge in [-0.15, -0.1) is 0 Å². The third-order valence-electron chi connectivity index (χ3n) is 3.22. The van der Waals surface area contributed by atoms with E-state index in [0.717, 1.165) is 18.2 Å². The van der Waals surface area contributed by atoms with Gasteiger partial charge in [0.1, 0.15) is 5.82 Å². The average molecular weight is 262 g/mol. The number of hydrogen-bond acceptors (Lipinski definition) is 2. The molecular formula is C12H14F4N2. The van der Waals surface area contributed by atoms with Crippen LogP contribution in [0.25, 0.3) is 0 Å². The molecule has 1 atom stereocenters. The van der Waals surface area contributed by atoms with Crippen LogP contribution in [0.2, 0.25) is 0 Å². The Balaban J connectivity index is 2.42. The third kappa shape index (κ3) is 2.64. The van der Waals surface area contributed by atoms with Crippen LogP contribution in [0.3, 0.4) is 0 Å². The second-order valence-electron chi connectivity index (χ2n) is 4.53. The molecule has 1 heterocycles. The van der Waals surface area contributed by atoms with Gasteiger partial charge in [-0.2, -0.15) is 13.2 Å². The summed E-state index contributed by atoms with van der Waals surface area (Å²) in [6.07, 6.45) is -3.33. The normalized spacial score (nSPS) is 22.2. The molecule has 0 amide bonds. The Kier molecular flexibility index (Phi) is 3.59. The number of benzene rings is 1. The highest BCUT2D eigenvalue weighted by atomic mass is 19.4. The molecule has 6 heteroatoms. The molecule has 1 aliphatic heterocycles. The van der Waals surface area contributed by atoms with Gasteiger partial charge in [0.15, 0.2) is 0 Å². The molecular weight excluding hydrogens is 248 g/mol. The van der Waals surface area contributed by atoms with Gasteiger partial charge in [0.25, 0.3) is 0 Å². The molecule has 1 fully saturated rings. The van der Waals surface area contributed by atoms with Gasteiger partial charge in [0.05, 0.1) is 5.56 Å². The van der Waals surface area contributed by atoms with Gasteiger partial charge in [-0.25, -0.2) is 9.40 Å². The van der Waals surface area contributed by atoms with Crippen molar-refractivity contribution in [2.24, 2.45) is 5.84 Å². The average Bonchev–Trinajstić information content (AvgIpc) is 2.27. The molecule has 0 bridgehead atoms. The van der Waals surface area contributed by atoms with Crippen LogP contribution in [-0.4, -0.2) is 18.1 Å². The zero-order valence-corrected chi connectivity index (χ0v) is 9.67. The molecule has 0 saturated carbocycles. The molecule has 1 aliphatic rings. The highest BCUT2D eigenvalue weighted by molar-refractivity contribution is 5.34. The molecule has 0 aliphatic carbocycles. The fourth-order valence-corrected chi connectivity index (χ4v) is 2.44. The molecule has 2 nitrogen and oxygen atoms in total. The van der Waals surface area contributed by atoms with E-state index in [1.165, 1.54) is 5.01 Å². The van der Waals surface area contributed by atoms with Gasteiger partial charge in [0.2, 0.25) is 0 Å². The predicted molar refractivity (Wildman–Crippen MR) is 59.1 cm³/mol. The summed E-state index contributed by atoms with van der Waals surface area (Å²) >= 11 is 0. The first kappa shape index (κ1) is 13.3. The maximum Gasteiger partial charge on any atom is 0.416 e. The fourth-order valence-electron chi connectivity index (χ4n) is 2.44. The van der Waals surface area contributed by atoms with Gasteiger partial charge in [0, 0.05) is 24.6 Å². The summed E-state index contributed by atoms with van der Waals surface area (Å²) in [5, 5.41) is 1.45. The molecule has 1 aromatic carbocycles. The van der Waals surface area contributed by atoms with Crippen molar-refractivity contribution in [3.05, 3.63) is 35.1 Å². The molecule has 2 N–H and O–H groups in total. The Morgan fingerprint density at radius 3 is 2.61 bits per heavy atom. The van der Waals surface area contributed by atoms with Crippen molar-refractivity contribution in [3.63, 3.8) is 0 Å². The standard InChI is InChI=1S/C12H14F4N2/c13-10-5-1-4-9(12(14,15)16)11(10)8-3-2-6-18(17)7-8/h1,4-5,8H,2-3,6-7,17H2. The number of alkyl halides is 3. The van der Waals surface area contributed by atoms with E-state index in [-0.39, 0.29) is 12.1 Å². The van der Waals surface area contributed by atoms with E-state index in [1.54, 1.807) is 0 Å². The molecule has 1 unspecified atom stereocenters. The number of rotatable bonds is 1. The largest absolute Gasteiger partial charge is 0.416 e. The predicted octanol–water partition coefficient (Wildman–Crippen LogP) is 2.90. The molecule has 2 rings (SSSR count). The van der Waals surface area contributed by atoms with E-state index < -0.39 is 23.5 Å². The highest BCUT2D eigenvalue weighted by Gasteiger charge is 2.37. The summed E-state index contributed by atoms with van der Waals surface area (Å²) in [7, 11) is 0. The van der Waals surface area contributed by atoms with Crippen LogP contribution in [-0.2, 0) is 6.18 Å². The summed E-state index contributed by atoms with van der Waals surface area (Å²) in [4.78, 5) is 0. The molecule has 0 spiro atoms. The van der Waals surface area contributed by atoms with Gasteiger partial charge in [-0.3, -0.25) is 5.84 Å². The van der Waals surface area contributed by atoms with Gasteiger partial charge < -0.3 is 0 Å².